The Morgan fingerprint density at radius 2 is 1.82 bits per heavy atom. The molecular weight excluding hydrogens is 506 g/mol. The van der Waals surface area contributed by atoms with E-state index in [0.717, 1.165) is 23.1 Å². The predicted molar refractivity (Wildman–Crippen MR) is 147 cm³/mol. The molecule has 0 saturated heterocycles. The van der Waals surface area contributed by atoms with Gasteiger partial charge in [-0.1, -0.05) is 6.07 Å². The lowest BCUT2D eigenvalue weighted by Crippen LogP contribution is -2.40. The fourth-order valence-corrected chi connectivity index (χ4v) is 4.59. The monoisotopic (exact) mass is 535 g/mol. The average Bonchev–Trinajstić information content (AvgIpc) is 3.45. The van der Waals surface area contributed by atoms with Crippen LogP contribution >= 0.6 is 12.2 Å². The van der Waals surface area contributed by atoms with Crippen molar-refractivity contribution in [3.63, 3.8) is 0 Å². The minimum atomic E-state index is -0.188. The number of nitrogens with zero attached hydrogens (tertiary/aromatic N) is 1. The number of benzene rings is 2. The van der Waals surface area contributed by atoms with Gasteiger partial charge in [0.05, 0.1) is 39.1 Å². The summed E-state index contributed by atoms with van der Waals surface area (Å²) in [7, 11) is 3.23. The molecule has 2 aromatic carbocycles. The van der Waals surface area contributed by atoms with E-state index in [4.69, 9.17) is 35.6 Å². The fourth-order valence-electron chi connectivity index (χ4n) is 4.36. The van der Waals surface area contributed by atoms with Crippen LogP contribution in [0.3, 0.4) is 0 Å². The predicted octanol–water partition coefficient (Wildman–Crippen LogP) is 4.03. The normalized spacial score (nSPS) is 12.3. The summed E-state index contributed by atoms with van der Waals surface area (Å²) in [5.74, 6) is 3.41. The molecule has 1 aliphatic heterocycles. The molecule has 0 bridgehead atoms. The molecule has 0 saturated carbocycles. The first-order valence-corrected chi connectivity index (χ1v) is 12.7. The summed E-state index contributed by atoms with van der Waals surface area (Å²) >= 11 is 5.75. The second kappa shape index (κ2) is 11.5. The van der Waals surface area contributed by atoms with Gasteiger partial charge in [0.15, 0.2) is 28.1 Å². The topological polar surface area (TPSA) is 98.2 Å². The summed E-state index contributed by atoms with van der Waals surface area (Å²) in [6, 6.07) is 15.1. The van der Waals surface area contributed by atoms with Crippen LogP contribution in [0.2, 0.25) is 0 Å². The van der Waals surface area contributed by atoms with Crippen molar-refractivity contribution in [2.24, 2.45) is 0 Å². The van der Waals surface area contributed by atoms with E-state index < -0.39 is 0 Å². The second-order valence-electron chi connectivity index (χ2n) is 8.81. The number of fused-ring (bicyclic) bond motifs is 2. The number of hydrogen-bond donors (Lipinski definition) is 2. The van der Waals surface area contributed by atoms with E-state index in [9.17, 15) is 4.79 Å². The summed E-state index contributed by atoms with van der Waals surface area (Å²) in [5.41, 5.74) is 2.16. The Morgan fingerprint density at radius 3 is 2.55 bits per heavy atom. The maximum absolute atomic E-state index is 13.0. The Hall–Kier alpha value is -4.18. The lowest BCUT2D eigenvalue weighted by atomic mass is 10.1. The number of pyridine rings is 1. The molecule has 2 N–H and O–H groups in total. The maximum atomic E-state index is 13.0. The largest absolute Gasteiger partial charge is 0.493 e. The van der Waals surface area contributed by atoms with Gasteiger partial charge in [-0.2, -0.15) is 0 Å². The van der Waals surface area contributed by atoms with E-state index in [1.54, 1.807) is 26.5 Å². The third-order valence-corrected chi connectivity index (χ3v) is 6.70. The van der Waals surface area contributed by atoms with Crippen molar-refractivity contribution < 1.29 is 23.4 Å². The summed E-state index contributed by atoms with van der Waals surface area (Å²) < 4.78 is 27.6. The molecule has 10 heteroatoms. The molecule has 0 unspecified atom stereocenters. The van der Waals surface area contributed by atoms with Gasteiger partial charge in [0.1, 0.15) is 19.0 Å². The Labute approximate surface area is 225 Å². The van der Waals surface area contributed by atoms with E-state index >= 15 is 0 Å². The molecule has 0 spiro atoms. The van der Waals surface area contributed by atoms with Crippen molar-refractivity contribution in [2.75, 3.05) is 34.0 Å². The van der Waals surface area contributed by atoms with Crippen molar-refractivity contribution in [2.45, 2.75) is 19.5 Å². The smallest absolute Gasteiger partial charge is 0.253 e. The van der Waals surface area contributed by atoms with Crippen LogP contribution in [0.15, 0.2) is 64.0 Å². The highest BCUT2D eigenvalue weighted by Gasteiger charge is 2.18. The molecule has 2 aromatic heterocycles. The Morgan fingerprint density at radius 1 is 1.03 bits per heavy atom. The number of hydrogen-bond acceptors (Lipinski definition) is 7. The highest BCUT2D eigenvalue weighted by molar-refractivity contribution is 7.80. The van der Waals surface area contributed by atoms with Gasteiger partial charge in [0.2, 0.25) is 0 Å². The lowest BCUT2D eigenvalue weighted by Gasteiger charge is -2.25. The number of ether oxygens (including phenoxy) is 4. The molecule has 3 heterocycles. The highest BCUT2D eigenvalue weighted by Crippen LogP contribution is 2.33. The standard InChI is InChI=1S/C28H29N3O6S/c1-33-23-6-5-18(12-24(23)34-2)7-8-29-28(38)31(17-21-4-3-9-35-21)16-20-13-19-14-25-26(37-11-10-36-25)15-22(19)30-27(20)32/h3-6,9,12-15H,7-8,10-11,16-17H2,1-2H3,(H,29,38)(H,30,32). The first-order valence-electron chi connectivity index (χ1n) is 12.3. The van der Waals surface area contributed by atoms with Crippen molar-refractivity contribution in [1.82, 2.24) is 15.2 Å². The number of furan rings is 1. The Kier molecular flexibility index (Phi) is 7.69. The van der Waals surface area contributed by atoms with Crippen LogP contribution in [0, 0.1) is 0 Å². The number of aromatic amines is 1. The number of rotatable bonds is 9. The molecule has 0 radical (unpaired) electrons. The summed E-state index contributed by atoms with van der Waals surface area (Å²) in [4.78, 5) is 17.9. The molecule has 0 aliphatic carbocycles. The minimum absolute atomic E-state index is 0.188. The molecule has 38 heavy (non-hydrogen) atoms. The van der Waals surface area contributed by atoms with Crippen LogP contribution in [0.5, 0.6) is 23.0 Å². The highest BCUT2D eigenvalue weighted by atomic mass is 32.1. The van der Waals surface area contributed by atoms with Crippen molar-refractivity contribution in [3.8, 4) is 23.0 Å². The molecule has 0 amide bonds. The summed E-state index contributed by atoms with van der Waals surface area (Å²) in [6.07, 6.45) is 2.34. The van der Waals surface area contributed by atoms with Crippen LogP contribution < -0.4 is 29.8 Å². The lowest BCUT2D eigenvalue weighted by molar-refractivity contribution is 0.172. The van der Waals surface area contributed by atoms with Gasteiger partial charge in [0, 0.05) is 23.6 Å². The van der Waals surface area contributed by atoms with Gasteiger partial charge in [-0.3, -0.25) is 4.79 Å². The molecule has 0 atom stereocenters. The van der Waals surface area contributed by atoms with Gasteiger partial charge in [-0.25, -0.2) is 0 Å². The van der Waals surface area contributed by atoms with Crippen molar-refractivity contribution >= 4 is 28.2 Å². The van der Waals surface area contributed by atoms with Crippen LogP contribution in [-0.4, -0.2) is 49.0 Å². The average molecular weight is 536 g/mol. The fraction of sp³-hybridized carbons (Fsp3) is 0.286. The molecule has 9 nitrogen and oxygen atoms in total. The number of thiocarbonyl (C=S) groups is 1. The molecule has 5 rings (SSSR count). The number of nitrogens with one attached hydrogen (secondary N) is 2. The third-order valence-electron chi connectivity index (χ3n) is 6.30. The first kappa shape index (κ1) is 25.5. The summed E-state index contributed by atoms with van der Waals surface area (Å²) in [6.45, 7) is 2.28. The molecule has 0 fully saturated rings. The van der Waals surface area contributed by atoms with E-state index in [-0.39, 0.29) is 5.56 Å². The molecular formula is C28H29N3O6S. The number of H-pyrrole nitrogens is 1. The quantitative estimate of drug-likeness (QED) is 0.308. The molecule has 1 aliphatic rings. The van der Waals surface area contributed by atoms with Gasteiger partial charge in [-0.05, 0) is 60.6 Å². The Bertz CT molecular complexity index is 1480. The van der Waals surface area contributed by atoms with E-state index in [1.807, 2.05) is 47.4 Å². The SMILES string of the molecule is COc1ccc(CCNC(=S)N(Cc2ccco2)Cc2cc3cc4c(cc3[nH]c2=O)OCCO4)cc1OC. The van der Waals surface area contributed by atoms with E-state index in [2.05, 4.69) is 10.3 Å². The minimum Gasteiger partial charge on any atom is -0.493 e. The van der Waals surface area contributed by atoms with Crippen LogP contribution in [0.1, 0.15) is 16.9 Å². The third kappa shape index (κ3) is 5.70. The second-order valence-corrected chi connectivity index (χ2v) is 9.20. The van der Waals surface area contributed by atoms with Crippen molar-refractivity contribution in [3.05, 3.63) is 82.0 Å². The molecule has 198 valence electrons. The van der Waals surface area contributed by atoms with Gasteiger partial charge in [0.25, 0.3) is 5.56 Å². The zero-order valence-electron chi connectivity index (χ0n) is 21.2. The van der Waals surface area contributed by atoms with Crippen LogP contribution in [0.4, 0.5) is 0 Å². The summed E-state index contributed by atoms with van der Waals surface area (Å²) in [5, 5.41) is 4.70. The van der Waals surface area contributed by atoms with Crippen LogP contribution in [-0.2, 0) is 19.5 Å². The van der Waals surface area contributed by atoms with Gasteiger partial charge >= 0.3 is 0 Å². The number of methoxy groups -OCH3 is 2. The van der Waals surface area contributed by atoms with Gasteiger partial charge in [-0.15, -0.1) is 0 Å². The van der Waals surface area contributed by atoms with Crippen LogP contribution in [0.25, 0.3) is 10.9 Å². The Balaban J connectivity index is 1.32. The van der Waals surface area contributed by atoms with Crippen molar-refractivity contribution in [1.29, 1.82) is 0 Å². The zero-order chi connectivity index (χ0) is 26.5. The van der Waals surface area contributed by atoms with E-state index in [0.29, 0.717) is 72.0 Å². The zero-order valence-corrected chi connectivity index (χ0v) is 22.1. The first-order chi connectivity index (χ1) is 18.5. The van der Waals surface area contributed by atoms with Gasteiger partial charge < -0.3 is 38.6 Å². The molecule has 4 aromatic rings. The number of aromatic nitrogens is 1. The maximum Gasteiger partial charge on any atom is 0.253 e. The van der Waals surface area contributed by atoms with E-state index in [1.165, 1.54) is 0 Å².